The van der Waals surface area contributed by atoms with E-state index in [1.807, 2.05) is 0 Å². The summed E-state index contributed by atoms with van der Waals surface area (Å²) in [5.74, 6) is -1.34. The quantitative estimate of drug-likeness (QED) is 0.866. The lowest BCUT2D eigenvalue weighted by Gasteiger charge is -2.26. The maximum Gasteiger partial charge on any atom is 0.322 e. The summed E-state index contributed by atoms with van der Waals surface area (Å²) >= 11 is 4.55. The van der Waals surface area contributed by atoms with Gasteiger partial charge in [0.15, 0.2) is 19.0 Å². The number of carboxylic acid groups (broad SMARTS) is 1. The average Bonchev–Trinajstić information content (AvgIpc) is 2.64. The second-order valence-corrected chi connectivity index (χ2v) is 10.1. The summed E-state index contributed by atoms with van der Waals surface area (Å²) in [4.78, 5) is 15.6. The van der Waals surface area contributed by atoms with Crippen molar-refractivity contribution in [2.24, 2.45) is 5.41 Å². The molecule has 0 spiro atoms. The molecule has 0 aliphatic carbocycles. The predicted octanol–water partition coefficient (Wildman–Crippen LogP) is 3.33. The van der Waals surface area contributed by atoms with E-state index in [0.717, 1.165) is 0 Å². The molecule has 0 radical (unpaired) electrons. The summed E-state index contributed by atoms with van der Waals surface area (Å²) in [5.41, 5.74) is -0.234. The number of rotatable bonds is 3. The first kappa shape index (κ1) is 16.4. The minimum atomic E-state index is -3.98. The number of halogens is 1. The molecule has 0 saturated heterocycles. The van der Waals surface area contributed by atoms with Crippen LogP contribution in [0.4, 0.5) is 0 Å². The standard InChI is InChI=1S/C13H14BrNO4S2/c1-13(2,3)10(11(16)17)21(18,19)7-4-5-8-9(6-7)20-12(14)15-8/h4-6,10H,1-3H3,(H,16,17). The number of fused-ring (bicyclic) bond motifs is 1. The lowest BCUT2D eigenvalue weighted by Crippen LogP contribution is -2.41. The van der Waals surface area contributed by atoms with Crippen LogP contribution in [0.1, 0.15) is 20.8 Å². The normalized spacial score (nSPS) is 14.3. The van der Waals surface area contributed by atoms with E-state index < -0.39 is 26.5 Å². The molecule has 1 aromatic heterocycles. The Morgan fingerprint density at radius 3 is 2.52 bits per heavy atom. The van der Waals surface area contributed by atoms with Crippen molar-refractivity contribution in [3.8, 4) is 0 Å². The van der Waals surface area contributed by atoms with Gasteiger partial charge in [-0.1, -0.05) is 20.8 Å². The summed E-state index contributed by atoms with van der Waals surface area (Å²) in [6, 6.07) is 4.48. The van der Waals surface area contributed by atoms with Crippen LogP contribution in [-0.2, 0) is 14.6 Å². The Labute approximate surface area is 135 Å². The zero-order chi connectivity index (χ0) is 16.0. The topological polar surface area (TPSA) is 84.3 Å². The summed E-state index contributed by atoms with van der Waals surface area (Å²) in [7, 11) is -3.98. The van der Waals surface area contributed by atoms with Gasteiger partial charge in [-0.05, 0) is 39.5 Å². The number of hydrogen-bond acceptors (Lipinski definition) is 5. The highest BCUT2D eigenvalue weighted by molar-refractivity contribution is 9.11. The van der Waals surface area contributed by atoms with Crippen LogP contribution in [0.3, 0.4) is 0 Å². The minimum absolute atomic E-state index is 0.00785. The Hall–Kier alpha value is -0.990. The van der Waals surface area contributed by atoms with Crippen molar-refractivity contribution in [2.75, 3.05) is 0 Å². The van der Waals surface area contributed by atoms with E-state index in [0.29, 0.717) is 14.1 Å². The Morgan fingerprint density at radius 2 is 2.00 bits per heavy atom. The Morgan fingerprint density at radius 1 is 1.38 bits per heavy atom. The molecule has 1 unspecified atom stereocenters. The smallest absolute Gasteiger partial charge is 0.322 e. The molecular weight excluding hydrogens is 378 g/mol. The van der Waals surface area contributed by atoms with Gasteiger partial charge in [0.25, 0.3) is 0 Å². The second-order valence-electron chi connectivity index (χ2n) is 5.73. The van der Waals surface area contributed by atoms with Gasteiger partial charge in [0.05, 0.1) is 15.1 Å². The van der Waals surface area contributed by atoms with Gasteiger partial charge < -0.3 is 5.11 Å². The van der Waals surface area contributed by atoms with Crippen molar-refractivity contribution < 1.29 is 18.3 Å². The van der Waals surface area contributed by atoms with E-state index in [-0.39, 0.29) is 4.90 Å². The van der Waals surface area contributed by atoms with Crippen LogP contribution in [0.5, 0.6) is 0 Å². The lowest BCUT2D eigenvalue weighted by atomic mass is 9.92. The number of hydrogen-bond donors (Lipinski definition) is 1. The number of benzene rings is 1. The third kappa shape index (κ3) is 3.12. The van der Waals surface area contributed by atoms with Crippen LogP contribution in [0.25, 0.3) is 10.2 Å². The van der Waals surface area contributed by atoms with E-state index in [2.05, 4.69) is 20.9 Å². The SMILES string of the molecule is CC(C)(C)C(C(=O)O)S(=O)(=O)c1ccc2nc(Br)sc2c1. The number of carbonyl (C=O) groups is 1. The highest BCUT2D eigenvalue weighted by atomic mass is 79.9. The molecule has 21 heavy (non-hydrogen) atoms. The fourth-order valence-electron chi connectivity index (χ4n) is 2.16. The average molecular weight is 392 g/mol. The molecule has 5 nitrogen and oxygen atoms in total. The van der Waals surface area contributed by atoms with Crippen molar-refractivity contribution >= 4 is 53.3 Å². The van der Waals surface area contributed by atoms with Crippen molar-refractivity contribution in [3.05, 3.63) is 22.1 Å². The van der Waals surface area contributed by atoms with Gasteiger partial charge in [0, 0.05) is 0 Å². The van der Waals surface area contributed by atoms with Crippen LogP contribution >= 0.6 is 27.3 Å². The summed E-state index contributed by atoms with van der Waals surface area (Å²) < 4.78 is 26.7. The molecule has 1 heterocycles. The molecular formula is C13H14BrNO4S2. The van der Waals surface area contributed by atoms with Crippen LogP contribution in [0, 0.1) is 5.41 Å². The van der Waals surface area contributed by atoms with E-state index >= 15 is 0 Å². The number of nitrogens with zero attached hydrogens (tertiary/aromatic N) is 1. The first-order chi connectivity index (χ1) is 9.53. The van der Waals surface area contributed by atoms with Gasteiger partial charge in [-0.15, -0.1) is 11.3 Å². The minimum Gasteiger partial charge on any atom is -0.480 e. The van der Waals surface area contributed by atoms with Crippen molar-refractivity contribution in [1.29, 1.82) is 0 Å². The van der Waals surface area contributed by atoms with Crippen LogP contribution in [-0.4, -0.2) is 29.7 Å². The van der Waals surface area contributed by atoms with E-state index in [1.54, 1.807) is 26.8 Å². The predicted molar refractivity (Wildman–Crippen MR) is 85.4 cm³/mol. The van der Waals surface area contributed by atoms with Gasteiger partial charge >= 0.3 is 5.97 Å². The molecule has 0 aliphatic heterocycles. The molecule has 0 fully saturated rings. The number of sulfone groups is 1. The van der Waals surface area contributed by atoms with Crippen LogP contribution in [0.2, 0.25) is 0 Å². The Balaban J connectivity index is 2.61. The third-order valence-electron chi connectivity index (χ3n) is 2.98. The highest BCUT2D eigenvalue weighted by Crippen LogP contribution is 2.33. The fourth-order valence-corrected chi connectivity index (χ4v) is 5.69. The summed E-state index contributed by atoms with van der Waals surface area (Å²) in [6.07, 6.45) is 0. The van der Waals surface area contributed by atoms with Crippen LogP contribution < -0.4 is 0 Å². The van der Waals surface area contributed by atoms with Crippen molar-refractivity contribution in [1.82, 2.24) is 4.98 Å². The van der Waals surface area contributed by atoms with Gasteiger partial charge in [-0.2, -0.15) is 0 Å². The lowest BCUT2D eigenvalue weighted by molar-refractivity contribution is -0.138. The van der Waals surface area contributed by atoms with E-state index in [1.165, 1.54) is 23.5 Å². The number of carboxylic acids is 1. The molecule has 1 atom stereocenters. The third-order valence-corrected chi connectivity index (χ3v) is 6.89. The van der Waals surface area contributed by atoms with Crippen molar-refractivity contribution in [3.63, 3.8) is 0 Å². The largest absolute Gasteiger partial charge is 0.480 e. The molecule has 114 valence electrons. The fraction of sp³-hybridized carbons (Fsp3) is 0.385. The molecule has 2 aromatic rings. The first-order valence-electron chi connectivity index (χ1n) is 6.06. The van der Waals surface area contributed by atoms with Gasteiger partial charge in [-0.25, -0.2) is 13.4 Å². The summed E-state index contributed by atoms with van der Waals surface area (Å²) in [5, 5.41) is 7.83. The molecule has 0 amide bonds. The molecule has 0 aliphatic rings. The Bertz CT molecular complexity index is 805. The highest BCUT2D eigenvalue weighted by Gasteiger charge is 2.43. The first-order valence-corrected chi connectivity index (χ1v) is 9.22. The second kappa shape index (κ2) is 5.33. The molecule has 0 bridgehead atoms. The monoisotopic (exact) mass is 391 g/mol. The van der Waals surface area contributed by atoms with E-state index in [9.17, 15) is 18.3 Å². The molecule has 2 rings (SSSR count). The van der Waals surface area contributed by atoms with Gasteiger partial charge in [-0.3, -0.25) is 4.79 Å². The molecule has 1 aromatic carbocycles. The zero-order valence-electron chi connectivity index (χ0n) is 11.6. The summed E-state index contributed by atoms with van der Waals surface area (Å²) in [6.45, 7) is 4.81. The maximum atomic E-state index is 12.7. The molecule has 1 N–H and O–H groups in total. The maximum absolute atomic E-state index is 12.7. The Kier molecular flexibility index (Phi) is 4.16. The number of aromatic nitrogens is 1. The zero-order valence-corrected chi connectivity index (χ0v) is 14.8. The van der Waals surface area contributed by atoms with Crippen molar-refractivity contribution in [2.45, 2.75) is 30.9 Å². The number of aliphatic carboxylic acids is 1. The van der Waals surface area contributed by atoms with E-state index in [4.69, 9.17) is 0 Å². The van der Waals surface area contributed by atoms with Gasteiger partial charge in [0.2, 0.25) is 0 Å². The van der Waals surface area contributed by atoms with Crippen LogP contribution in [0.15, 0.2) is 27.0 Å². The number of thiazole rings is 1. The molecule has 0 saturated carbocycles. The van der Waals surface area contributed by atoms with Gasteiger partial charge in [0.1, 0.15) is 0 Å². The molecule has 8 heteroatoms.